The molecule has 0 bridgehead atoms. The van der Waals surface area contributed by atoms with Gasteiger partial charge in [-0.05, 0) is 17.6 Å². The lowest BCUT2D eigenvalue weighted by Crippen LogP contribution is -2.25. The highest BCUT2D eigenvalue weighted by molar-refractivity contribution is 6.18. The lowest BCUT2D eigenvalue weighted by molar-refractivity contribution is 0.222. The maximum absolute atomic E-state index is 12.6. The van der Waals surface area contributed by atoms with Gasteiger partial charge in [-0.25, -0.2) is 8.78 Å². The van der Waals surface area contributed by atoms with Crippen molar-refractivity contribution in [1.29, 1.82) is 0 Å². The normalized spacial score (nSPS) is 24.1. The summed E-state index contributed by atoms with van der Waals surface area (Å²) in [6.45, 7) is 4.07. The van der Waals surface area contributed by atoms with Crippen LogP contribution in [-0.4, -0.2) is 17.8 Å². The zero-order chi connectivity index (χ0) is 11.0. The van der Waals surface area contributed by atoms with Gasteiger partial charge in [0.2, 0.25) is 0 Å². The second kappa shape index (κ2) is 3.68. The predicted molar refractivity (Wildman–Crippen MR) is 56.4 cm³/mol. The fraction of sp³-hybridized carbons (Fsp3) is 0.455. The van der Waals surface area contributed by atoms with E-state index < -0.39 is 12.3 Å². The average Bonchev–Trinajstić information content (AvgIpc) is 2.59. The highest BCUT2D eigenvalue weighted by Gasteiger charge is 2.32. The van der Waals surface area contributed by atoms with Gasteiger partial charge in [0.15, 0.2) is 0 Å². The molecule has 4 heteroatoms. The SMILES string of the molecule is CC(C)C1=CC2C(=NN=C2C(F)F)C=C1. The van der Waals surface area contributed by atoms with Crippen LogP contribution in [0.5, 0.6) is 0 Å². The standard InChI is InChI=1S/C11H12F2N2/c1-6(2)7-3-4-9-8(5-7)10(11(12)13)15-14-9/h3-6,8,11H,1-2H3. The minimum atomic E-state index is -2.52. The van der Waals surface area contributed by atoms with E-state index in [1.54, 1.807) is 6.08 Å². The average molecular weight is 210 g/mol. The van der Waals surface area contributed by atoms with Crippen molar-refractivity contribution >= 4 is 11.4 Å². The predicted octanol–water partition coefficient (Wildman–Crippen LogP) is 2.83. The minimum Gasteiger partial charge on any atom is -0.204 e. The Morgan fingerprint density at radius 3 is 2.53 bits per heavy atom. The van der Waals surface area contributed by atoms with E-state index in [0.717, 1.165) is 5.57 Å². The molecule has 2 aliphatic rings. The maximum atomic E-state index is 12.6. The Bertz CT molecular complexity index is 389. The molecule has 80 valence electrons. The van der Waals surface area contributed by atoms with Gasteiger partial charge < -0.3 is 0 Å². The number of fused-ring (bicyclic) bond motifs is 1. The molecule has 1 aliphatic carbocycles. The highest BCUT2D eigenvalue weighted by Crippen LogP contribution is 2.27. The van der Waals surface area contributed by atoms with Crippen molar-refractivity contribution in [2.45, 2.75) is 20.3 Å². The van der Waals surface area contributed by atoms with E-state index in [2.05, 4.69) is 10.2 Å². The number of rotatable bonds is 2. The largest absolute Gasteiger partial charge is 0.279 e. The first-order valence-electron chi connectivity index (χ1n) is 4.93. The Kier molecular flexibility index (Phi) is 2.50. The number of hydrogen-bond acceptors (Lipinski definition) is 2. The summed E-state index contributed by atoms with van der Waals surface area (Å²) < 4.78 is 25.2. The Morgan fingerprint density at radius 1 is 1.20 bits per heavy atom. The molecule has 2 nitrogen and oxygen atoms in total. The van der Waals surface area contributed by atoms with E-state index in [-0.39, 0.29) is 5.71 Å². The van der Waals surface area contributed by atoms with Gasteiger partial charge in [-0.15, -0.1) is 0 Å². The fourth-order valence-electron chi connectivity index (χ4n) is 1.69. The first kappa shape index (κ1) is 10.2. The van der Waals surface area contributed by atoms with Gasteiger partial charge in [0, 0.05) is 0 Å². The zero-order valence-electron chi connectivity index (χ0n) is 8.61. The molecular formula is C11H12F2N2. The summed E-state index contributed by atoms with van der Waals surface area (Å²) in [6.07, 6.45) is 3.01. The third-order valence-electron chi connectivity index (χ3n) is 2.61. The molecule has 0 saturated heterocycles. The van der Waals surface area contributed by atoms with E-state index in [0.29, 0.717) is 11.6 Å². The molecule has 0 aromatic carbocycles. The smallest absolute Gasteiger partial charge is 0.204 e. The van der Waals surface area contributed by atoms with E-state index in [1.807, 2.05) is 26.0 Å². The van der Waals surface area contributed by atoms with Crippen LogP contribution >= 0.6 is 0 Å². The summed E-state index contributed by atoms with van der Waals surface area (Å²) in [5.41, 5.74) is 1.55. The van der Waals surface area contributed by atoms with Crippen LogP contribution in [0, 0.1) is 11.8 Å². The lowest BCUT2D eigenvalue weighted by Gasteiger charge is -2.17. The van der Waals surface area contributed by atoms with Gasteiger partial charge in [-0.2, -0.15) is 10.2 Å². The number of hydrogen-bond donors (Lipinski definition) is 0. The number of alkyl halides is 2. The molecule has 1 unspecified atom stereocenters. The fourth-order valence-corrected chi connectivity index (χ4v) is 1.69. The summed E-state index contributed by atoms with van der Waals surface area (Å²) in [5, 5.41) is 7.28. The van der Waals surface area contributed by atoms with E-state index >= 15 is 0 Å². The molecule has 0 amide bonds. The number of halogens is 2. The van der Waals surface area contributed by atoms with Crippen LogP contribution in [0.1, 0.15) is 13.8 Å². The molecule has 0 N–H and O–H groups in total. The van der Waals surface area contributed by atoms with Crippen molar-refractivity contribution in [3.05, 3.63) is 23.8 Å². The number of allylic oxidation sites excluding steroid dienone is 4. The molecule has 0 aromatic heterocycles. The summed E-state index contributed by atoms with van der Waals surface area (Å²) in [5.74, 6) is -0.0743. The number of nitrogens with zero attached hydrogens (tertiary/aromatic N) is 2. The zero-order valence-corrected chi connectivity index (χ0v) is 8.61. The maximum Gasteiger partial charge on any atom is 0.279 e. The molecule has 1 atom stereocenters. The third-order valence-corrected chi connectivity index (χ3v) is 2.61. The van der Waals surface area contributed by atoms with Crippen molar-refractivity contribution in [2.24, 2.45) is 22.0 Å². The van der Waals surface area contributed by atoms with Gasteiger partial charge in [0.1, 0.15) is 5.71 Å². The summed E-state index contributed by atoms with van der Waals surface area (Å²) in [6, 6.07) is 0. The molecule has 0 fully saturated rings. The molecule has 0 spiro atoms. The topological polar surface area (TPSA) is 24.7 Å². The van der Waals surface area contributed by atoms with Crippen molar-refractivity contribution in [3.8, 4) is 0 Å². The van der Waals surface area contributed by atoms with E-state index in [4.69, 9.17) is 0 Å². The van der Waals surface area contributed by atoms with Crippen molar-refractivity contribution < 1.29 is 8.78 Å². The Hall–Kier alpha value is -1.32. The quantitative estimate of drug-likeness (QED) is 0.669. The summed E-state index contributed by atoms with van der Waals surface area (Å²) in [4.78, 5) is 0. The molecule has 1 aliphatic heterocycles. The summed E-state index contributed by atoms with van der Waals surface area (Å²) >= 11 is 0. The van der Waals surface area contributed by atoms with Gasteiger partial charge in [-0.3, -0.25) is 0 Å². The molecule has 15 heavy (non-hydrogen) atoms. The summed E-state index contributed by atoms with van der Waals surface area (Å²) in [7, 11) is 0. The Labute approximate surface area is 87.1 Å². The van der Waals surface area contributed by atoms with Crippen LogP contribution in [-0.2, 0) is 0 Å². The van der Waals surface area contributed by atoms with Gasteiger partial charge in [0.05, 0.1) is 11.6 Å². The first-order chi connectivity index (χ1) is 7.09. The lowest BCUT2D eigenvalue weighted by atomic mass is 9.87. The monoisotopic (exact) mass is 210 g/mol. The van der Waals surface area contributed by atoms with Gasteiger partial charge in [-0.1, -0.05) is 26.0 Å². The van der Waals surface area contributed by atoms with Crippen molar-refractivity contribution in [2.75, 3.05) is 0 Å². The second-order valence-corrected chi connectivity index (χ2v) is 3.98. The highest BCUT2D eigenvalue weighted by atomic mass is 19.3. The van der Waals surface area contributed by atoms with E-state index in [1.165, 1.54) is 0 Å². The molecule has 1 heterocycles. The van der Waals surface area contributed by atoms with Crippen LogP contribution < -0.4 is 0 Å². The Balaban J connectivity index is 2.28. The molecule has 0 radical (unpaired) electrons. The van der Waals surface area contributed by atoms with Crippen molar-refractivity contribution in [1.82, 2.24) is 0 Å². The third kappa shape index (κ3) is 1.76. The second-order valence-electron chi connectivity index (χ2n) is 3.98. The van der Waals surface area contributed by atoms with Crippen LogP contribution in [0.2, 0.25) is 0 Å². The van der Waals surface area contributed by atoms with Gasteiger partial charge in [0.25, 0.3) is 6.43 Å². The van der Waals surface area contributed by atoms with Crippen molar-refractivity contribution in [3.63, 3.8) is 0 Å². The molecule has 0 saturated carbocycles. The van der Waals surface area contributed by atoms with E-state index in [9.17, 15) is 8.78 Å². The minimum absolute atomic E-state index is 0.132. The van der Waals surface area contributed by atoms with Crippen LogP contribution in [0.15, 0.2) is 34.0 Å². The molecular weight excluding hydrogens is 198 g/mol. The van der Waals surface area contributed by atoms with Crippen LogP contribution in [0.25, 0.3) is 0 Å². The van der Waals surface area contributed by atoms with Gasteiger partial charge >= 0.3 is 0 Å². The Morgan fingerprint density at radius 2 is 1.93 bits per heavy atom. The molecule has 2 rings (SSSR count). The molecule has 0 aromatic rings. The van der Waals surface area contributed by atoms with Crippen LogP contribution in [0.3, 0.4) is 0 Å². The van der Waals surface area contributed by atoms with Crippen LogP contribution in [0.4, 0.5) is 8.78 Å². The first-order valence-corrected chi connectivity index (χ1v) is 4.93.